The molecule has 4 heteroatoms. The van der Waals surface area contributed by atoms with Gasteiger partial charge in [0.15, 0.2) is 0 Å². The fourth-order valence-electron chi connectivity index (χ4n) is 2.56. The highest BCUT2D eigenvalue weighted by Gasteiger charge is 2.34. The zero-order valence-corrected chi connectivity index (χ0v) is 12.4. The van der Waals surface area contributed by atoms with E-state index in [0.717, 1.165) is 11.3 Å². The topological polar surface area (TPSA) is 46.6 Å². The van der Waals surface area contributed by atoms with Crippen LogP contribution in [0.15, 0.2) is 54.2 Å². The molecule has 2 aromatic carbocycles. The Bertz CT molecular complexity index is 775. The number of hydrogen-bond acceptors (Lipinski definition) is 3. The standard InChI is InChI=1S/C18H15NO3/c1-12(20)19-16-6-4-3-5-15(16)18(21)17(19)11-13-7-9-14(22-2)10-8-13/h3-11H,1-2H3/b17-11+. The van der Waals surface area contributed by atoms with Crippen LogP contribution in [0.25, 0.3) is 6.08 Å². The van der Waals surface area contributed by atoms with E-state index in [9.17, 15) is 9.59 Å². The van der Waals surface area contributed by atoms with E-state index < -0.39 is 0 Å². The number of fused-ring (bicyclic) bond motifs is 1. The molecule has 3 rings (SSSR count). The van der Waals surface area contributed by atoms with Gasteiger partial charge in [0.25, 0.3) is 0 Å². The van der Waals surface area contributed by atoms with E-state index in [1.54, 1.807) is 31.4 Å². The number of Topliss-reactive ketones (excluding diaryl/α,β-unsaturated/α-hetero) is 1. The van der Waals surface area contributed by atoms with Gasteiger partial charge in [0.2, 0.25) is 11.7 Å². The maximum atomic E-state index is 12.6. The summed E-state index contributed by atoms with van der Waals surface area (Å²) in [5.41, 5.74) is 2.40. The molecule has 2 aromatic rings. The third-order valence-electron chi connectivity index (χ3n) is 3.60. The fraction of sp³-hybridized carbons (Fsp3) is 0.111. The van der Waals surface area contributed by atoms with Crippen LogP contribution in [0.5, 0.6) is 5.75 Å². The summed E-state index contributed by atoms with van der Waals surface area (Å²) >= 11 is 0. The number of amides is 1. The Morgan fingerprint density at radius 2 is 1.77 bits per heavy atom. The second-order valence-electron chi connectivity index (χ2n) is 5.00. The summed E-state index contributed by atoms with van der Waals surface area (Å²) in [5, 5.41) is 0. The number of carbonyl (C=O) groups is 2. The van der Waals surface area contributed by atoms with Gasteiger partial charge in [-0.25, -0.2) is 0 Å². The van der Waals surface area contributed by atoms with Crippen molar-refractivity contribution >= 4 is 23.5 Å². The summed E-state index contributed by atoms with van der Waals surface area (Å²) in [6, 6.07) is 14.5. The molecule has 1 aliphatic rings. The Labute approximate surface area is 128 Å². The first-order chi connectivity index (χ1) is 10.6. The molecule has 0 radical (unpaired) electrons. The molecule has 0 saturated heterocycles. The van der Waals surface area contributed by atoms with E-state index in [0.29, 0.717) is 16.9 Å². The number of allylic oxidation sites excluding steroid dienone is 1. The van der Waals surface area contributed by atoms with Crippen molar-refractivity contribution in [2.45, 2.75) is 6.92 Å². The smallest absolute Gasteiger partial charge is 0.228 e. The van der Waals surface area contributed by atoms with Crippen molar-refractivity contribution in [3.8, 4) is 5.75 Å². The normalized spacial score (nSPS) is 15.1. The van der Waals surface area contributed by atoms with Gasteiger partial charge in [-0.3, -0.25) is 14.5 Å². The molecule has 0 N–H and O–H groups in total. The van der Waals surface area contributed by atoms with E-state index in [1.807, 2.05) is 30.3 Å². The third-order valence-corrected chi connectivity index (χ3v) is 3.60. The Hall–Kier alpha value is -2.88. The third kappa shape index (κ3) is 2.29. The first kappa shape index (κ1) is 14.1. The van der Waals surface area contributed by atoms with Crippen LogP contribution in [0, 0.1) is 0 Å². The molecule has 0 saturated carbocycles. The minimum Gasteiger partial charge on any atom is -0.497 e. The first-order valence-electron chi connectivity index (χ1n) is 6.92. The van der Waals surface area contributed by atoms with Crippen molar-refractivity contribution in [3.63, 3.8) is 0 Å². The van der Waals surface area contributed by atoms with Gasteiger partial charge < -0.3 is 4.74 Å². The van der Waals surface area contributed by atoms with E-state index in [4.69, 9.17) is 4.74 Å². The Morgan fingerprint density at radius 3 is 2.41 bits per heavy atom. The number of benzene rings is 2. The zero-order valence-electron chi connectivity index (χ0n) is 12.4. The Balaban J connectivity index is 2.07. The monoisotopic (exact) mass is 293 g/mol. The number of nitrogens with zero attached hydrogens (tertiary/aromatic N) is 1. The van der Waals surface area contributed by atoms with Gasteiger partial charge in [-0.15, -0.1) is 0 Å². The molecule has 1 heterocycles. The lowest BCUT2D eigenvalue weighted by atomic mass is 10.1. The van der Waals surface area contributed by atoms with E-state index in [2.05, 4.69) is 0 Å². The second kappa shape index (κ2) is 5.48. The van der Waals surface area contributed by atoms with Gasteiger partial charge in [-0.1, -0.05) is 24.3 Å². The molecule has 0 spiro atoms. The number of ether oxygens (including phenoxy) is 1. The molecule has 0 aromatic heterocycles. The van der Waals surface area contributed by atoms with Crippen molar-refractivity contribution in [1.82, 2.24) is 0 Å². The molecule has 22 heavy (non-hydrogen) atoms. The number of hydrogen-bond donors (Lipinski definition) is 0. The number of ketones is 1. The molecule has 0 fully saturated rings. The van der Waals surface area contributed by atoms with Gasteiger partial charge in [0.05, 0.1) is 18.5 Å². The molecule has 110 valence electrons. The Morgan fingerprint density at radius 1 is 1.09 bits per heavy atom. The predicted octanol–water partition coefficient (Wildman–Crippen LogP) is 3.29. The van der Waals surface area contributed by atoms with Gasteiger partial charge in [-0.05, 0) is 35.9 Å². The van der Waals surface area contributed by atoms with Crippen LogP contribution in [-0.2, 0) is 4.79 Å². The van der Waals surface area contributed by atoms with Crippen LogP contribution in [-0.4, -0.2) is 18.8 Å². The molecule has 0 atom stereocenters. The van der Waals surface area contributed by atoms with Gasteiger partial charge >= 0.3 is 0 Å². The van der Waals surface area contributed by atoms with Crippen molar-refractivity contribution < 1.29 is 14.3 Å². The SMILES string of the molecule is COc1ccc(/C=C2\C(=O)c3ccccc3N2C(C)=O)cc1. The summed E-state index contributed by atoms with van der Waals surface area (Å²) in [6.07, 6.45) is 1.73. The highest BCUT2D eigenvalue weighted by Crippen LogP contribution is 2.35. The maximum Gasteiger partial charge on any atom is 0.228 e. The number of para-hydroxylation sites is 1. The lowest BCUT2D eigenvalue weighted by molar-refractivity contribution is -0.116. The van der Waals surface area contributed by atoms with Crippen LogP contribution in [0.3, 0.4) is 0 Å². The minimum atomic E-state index is -0.182. The minimum absolute atomic E-state index is 0.137. The van der Waals surface area contributed by atoms with Crippen LogP contribution in [0.2, 0.25) is 0 Å². The summed E-state index contributed by atoms with van der Waals surface area (Å²) in [4.78, 5) is 26.0. The van der Waals surface area contributed by atoms with Crippen LogP contribution in [0.4, 0.5) is 5.69 Å². The summed E-state index contributed by atoms with van der Waals surface area (Å²) < 4.78 is 5.12. The number of rotatable bonds is 2. The van der Waals surface area contributed by atoms with Gasteiger partial charge in [-0.2, -0.15) is 0 Å². The molecule has 0 bridgehead atoms. The van der Waals surface area contributed by atoms with E-state index >= 15 is 0 Å². The van der Waals surface area contributed by atoms with E-state index in [1.165, 1.54) is 11.8 Å². The average Bonchev–Trinajstić information content (AvgIpc) is 2.81. The zero-order chi connectivity index (χ0) is 15.7. The molecule has 1 amide bonds. The predicted molar refractivity (Wildman–Crippen MR) is 84.9 cm³/mol. The number of carbonyl (C=O) groups excluding carboxylic acids is 2. The lowest BCUT2D eigenvalue weighted by Crippen LogP contribution is -2.25. The summed E-state index contributed by atoms with van der Waals surface area (Å²) in [5.74, 6) is 0.422. The largest absolute Gasteiger partial charge is 0.497 e. The summed E-state index contributed by atoms with van der Waals surface area (Å²) in [7, 11) is 1.60. The fourth-order valence-corrected chi connectivity index (χ4v) is 2.56. The second-order valence-corrected chi connectivity index (χ2v) is 5.00. The quantitative estimate of drug-likeness (QED) is 0.798. The van der Waals surface area contributed by atoms with Gasteiger partial charge in [0.1, 0.15) is 5.75 Å². The molecular weight excluding hydrogens is 278 g/mol. The molecule has 0 aliphatic carbocycles. The van der Waals surface area contributed by atoms with Crippen LogP contribution >= 0.6 is 0 Å². The van der Waals surface area contributed by atoms with Crippen LogP contribution < -0.4 is 9.64 Å². The van der Waals surface area contributed by atoms with Crippen LogP contribution in [0.1, 0.15) is 22.8 Å². The molecule has 4 nitrogen and oxygen atoms in total. The molecular formula is C18H15NO3. The maximum absolute atomic E-state index is 12.6. The van der Waals surface area contributed by atoms with Crippen molar-refractivity contribution in [2.75, 3.05) is 12.0 Å². The molecule has 1 aliphatic heterocycles. The first-order valence-corrected chi connectivity index (χ1v) is 6.92. The van der Waals surface area contributed by atoms with Crippen molar-refractivity contribution in [2.24, 2.45) is 0 Å². The Kier molecular flexibility index (Phi) is 3.51. The summed E-state index contributed by atoms with van der Waals surface area (Å²) in [6.45, 7) is 1.46. The van der Waals surface area contributed by atoms with Gasteiger partial charge in [0, 0.05) is 12.5 Å². The molecule has 0 unspecified atom stereocenters. The number of anilines is 1. The van der Waals surface area contributed by atoms with Crippen molar-refractivity contribution in [3.05, 3.63) is 65.4 Å². The highest BCUT2D eigenvalue weighted by atomic mass is 16.5. The lowest BCUT2D eigenvalue weighted by Gasteiger charge is -2.16. The van der Waals surface area contributed by atoms with Crippen molar-refractivity contribution in [1.29, 1.82) is 0 Å². The highest BCUT2D eigenvalue weighted by molar-refractivity contribution is 6.26. The number of methoxy groups -OCH3 is 1. The average molecular weight is 293 g/mol. The van der Waals surface area contributed by atoms with E-state index in [-0.39, 0.29) is 11.7 Å².